The van der Waals surface area contributed by atoms with Crippen molar-refractivity contribution in [2.45, 2.75) is 0 Å². The number of carbonyl (C=O) groups is 1. The van der Waals surface area contributed by atoms with Crippen molar-refractivity contribution in [1.29, 1.82) is 5.26 Å². The number of fused-ring (bicyclic) bond motifs is 1. The van der Waals surface area contributed by atoms with Crippen molar-refractivity contribution in [1.82, 2.24) is 4.98 Å². The zero-order chi connectivity index (χ0) is 18.8. The van der Waals surface area contributed by atoms with Crippen LogP contribution in [0.5, 0.6) is 0 Å². The topological polar surface area (TPSA) is 66.9 Å². The summed E-state index contributed by atoms with van der Waals surface area (Å²) in [6.07, 6.45) is 1.31. The third-order valence-corrected chi connectivity index (χ3v) is 4.95. The predicted octanol–water partition coefficient (Wildman–Crippen LogP) is 5.49. The van der Waals surface area contributed by atoms with E-state index < -0.39 is 11.6 Å². The molecule has 0 N–H and O–H groups in total. The molecule has 27 heavy (non-hydrogen) atoms. The Morgan fingerprint density at radius 2 is 1.89 bits per heavy atom. The molecule has 6 heteroatoms. The Balaban J connectivity index is 1.66. The molecule has 0 saturated heterocycles. The van der Waals surface area contributed by atoms with Gasteiger partial charge in [-0.2, -0.15) is 5.26 Å². The van der Waals surface area contributed by atoms with E-state index >= 15 is 0 Å². The highest BCUT2D eigenvalue weighted by Gasteiger charge is 2.17. The van der Waals surface area contributed by atoms with Crippen LogP contribution in [0.2, 0.25) is 0 Å². The lowest BCUT2D eigenvalue weighted by Gasteiger charge is -2.00. The van der Waals surface area contributed by atoms with Crippen LogP contribution in [-0.4, -0.2) is 10.8 Å². The van der Waals surface area contributed by atoms with Gasteiger partial charge in [-0.1, -0.05) is 24.3 Å². The van der Waals surface area contributed by atoms with E-state index in [0.29, 0.717) is 16.5 Å². The van der Waals surface area contributed by atoms with Gasteiger partial charge in [-0.3, -0.25) is 4.79 Å². The number of nitriles is 1. The number of hydrogen-bond donors (Lipinski definition) is 0. The molecule has 0 saturated carbocycles. The van der Waals surface area contributed by atoms with Gasteiger partial charge in [0.1, 0.15) is 23.2 Å². The number of Topliss-reactive ketones (excluding diaryl/α,β-unsaturated/α-hetero) is 1. The number of benzene rings is 2. The van der Waals surface area contributed by atoms with Gasteiger partial charge in [-0.15, -0.1) is 11.3 Å². The Morgan fingerprint density at radius 3 is 2.67 bits per heavy atom. The van der Waals surface area contributed by atoms with Crippen LogP contribution in [0.25, 0.3) is 27.1 Å². The van der Waals surface area contributed by atoms with Gasteiger partial charge < -0.3 is 4.42 Å². The van der Waals surface area contributed by atoms with Crippen LogP contribution < -0.4 is 0 Å². The monoisotopic (exact) mass is 374 g/mol. The molecule has 0 spiro atoms. The Hall–Kier alpha value is -3.56. The molecule has 4 nitrogen and oxygen atoms in total. The van der Waals surface area contributed by atoms with E-state index in [2.05, 4.69) is 4.98 Å². The second kappa shape index (κ2) is 6.98. The fourth-order valence-electron chi connectivity index (χ4n) is 2.60. The maximum absolute atomic E-state index is 13.8. The lowest BCUT2D eigenvalue weighted by Crippen LogP contribution is -2.04. The van der Waals surface area contributed by atoms with Gasteiger partial charge in [-0.25, -0.2) is 9.37 Å². The van der Waals surface area contributed by atoms with E-state index in [0.717, 1.165) is 10.2 Å². The van der Waals surface area contributed by atoms with Gasteiger partial charge in [0.15, 0.2) is 10.8 Å². The summed E-state index contributed by atoms with van der Waals surface area (Å²) in [7, 11) is 0. The highest BCUT2D eigenvalue weighted by molar-refractivity contribution is 7.21. The molecule has 130 valence electrons. The highest BCUT2D eigenvalue weighted by Crippen LogP contribution is 2.31. The third kappa shape index (κ3) is 3.28. The van der Waals surface area contributed by atoms with E-state index in [1.165, 1.54) is 35.6 Å². The second-order valence-electron chi connectivity index (χ2n) is 5.67. The Labute approximate surface area is 157 Å². The maximum atomic E-state index is 13.8. The average molecular weight is 374 g/mol. The molecule has 0 aliphatic rings. The van der Waals surface area contributed by atoms with Crippen LogP contribution in [0.15, 0.2) is 70.7 Å². The summed E-state index contributed by atoms with van der Waals surface area (Å²) < 4.78 is 20.6. The molecule has 0 amide bonds. The molecule has 2 aromatic heterocycles. The fraction of sp³-hybridized carbons (Fsp3) is 0. The third-order valence-electron chi connectivity index (χ3n) is 3.90. The molecular weight excluding hydrogens is 363 g/mol. The number of furan rings is 1. The molecule has 2 heterocycles. The second-order valence-corrected chi connectivity index (χ2v) is 6.70. The first kappa shape index (κ1) is 16.9. The SMILES string of the molecule is N#C/C(=C\c1ccc(-c2nc3ccccc3s2)o1)C(=O)c1ccccc1F. The number of aromatic nitrogens is 1. The summed E-state index contributed by atoms with van der Waals surface area (Å²) in [4.78, 5) is 16.9. The lowest BCUT2D eigenvalue weighted by molar-refractivity contribution is 0.103. The largest absolute Gasteiger partial charge is 0.454 e. The molecule has 4 rings (SSSR count). The lowest BCUT2D eigenvalue weighted by atomic mass is 10.0. The molecular formula is C21H11FN2O2S. The van der Waals surface area contributed by atoms with Gasteiger partial charge in [0.2, 0.25) is 5.78 Å². The van der Waals surface area contributed by atoms with E-state index in [9.17, 15) is 14.4 Å². The number of nitrogens with zero attached hydrogens (tertiary/aromatic N) is 2. The zero-order valence-corrected chi connectivity index (χ0v) is 14.7. The van der Waals surface area contributed by atoms with Gasteiger partial charge >= 0.3 is 0 Å². The summed E-state index contributed by atoms with van der Waals surface area (Å²) in [5.74, 6) is -0.490. The fourth-order valence-corrected chi connectivity index (χ4v) is 3.53. The molecule has 0 radical (unpaired) electrons. The molecule has 4 aromatic rings. The molecule has 0 bridgehead atoms. The molecule has 0 atom stereocenters. The number of ketones is 1. The number of hydrogen-bond acceptors (Lipinski definition) is 5. The van der Waals surface area contributed by atoms with Crippen molar-refractivity contribution in [3.8, 4) is 16.8 Å². The number of halogens is 1. The van der Waals surface area contributed by atoms with E-state index in [1.807, 2.05) is 30.3 Å². The number of thiazole rings is 1. The van der Waals surface area contributed by atoms with Crippen molar-refractivity contribution in [2.75, 3.05) is 0 Å². The number of allylic oxidation sites excluding steroid dienone is 1. The Kier molecular flexibility index (Phi) is 4.37. The average Bonchev–Trinajstić information content (AvgIpc) is 3.32. The van der Waals surface area contributed by atoms with Crippen molar-refractivity contribution in [3.63, 3.8) is 0 Å². The van der Waals surface area contributed by atoms with Crippen molar-refractivity contribution in [2.24, 2.45) is 0 Å². The normalized spacial score (nSPS) is 11.5. The summed E-state index contributed by atoms with van der Waals surface area (Å²) >= 11 is 1.49. The van der Waals surface area contributed by atoms with Crippen LogP contribution in [0, 0.1) is 17.1 Å². The maximum Gasteiger partial charge on any atom is 0.206 e. The molecule has 2 aromatic carbocycles. The Bertz CT molecular complexity index is 1200. The van der Waals surface area contributed by atoms with Crippen molar-refractivity contribution in [3.05, 3.63) is 83.4 Å². The highest BCUT2D eigenvalue weighted by atomic mass is 32.1. The van der Waals surface area contributed by atoms with Crippen LogP contribution in [0.3, 0.4) is 0 Å². The minimum Gasteiger partial charge on any atom is -0.454 e. The first-order chi connectivity index (χ1) is 13.2. The minimum atomic E-state index is -0.687. The van der Waals surface area contributed by atoms with Gasteiger partial charge in [-0.05, 0) is 36.4 Å². The molecule has 0 aliphatic carbocycles. The summed E-state index contributed by atoms with van der Waals surface area (Å²) in [5, 5.41) is 10.0. The zero-order valence-electron chi connectivity index (χ0n) is 13.8. The predicted molar refractivity (Wildman–Crippen MR) is 102 cm³/mol. The van der Waals surface area contributed by atoms with Crippen LogP contribution in [0.1, 0.15) is 16.1 Å². The van der Waals surface area contributed by atoms with Crippen molar-refractivity contribution < 1.29 is 13.6 Å². The number of carbonyl (C=O) groups excluding carboxylic acids is 1. The van der Waals surface area contributed by atoms with Crippen molar-refractivity contribution >= 4 is 33.4 Å². The molecule has 0 fully saturated rings. The Morgan fingerprint density at radius 1 is 1.11 bits per heavy atom. The number of para-hydroxylation sites is 1. The smallest absolute Gasteiger partial charge is 0.206 e. The van der Waals surface area contributed by atoms with Gasteiger partial charge in [0.25, 0.3) is 0 Å². The van der Waals surface area contributed by atoms with E-state index in [1.54, 1.807) is 18.2 Å². The minimum absolute atomic E-state index is 0.150. The first-order valence-electron chi connectivity index (χ1n) is 8.02. The first-order valence-corrected chi connectivity index (χ1v) is 8.84. The van der Waals surface area contributed by atoms with Crippen LogP contribution >= 0.6 is 11.3 Å². The van der Waals surface area contributed by atoms with E-state index in [-0.39, 0.29) is 11.1 Å². The molecule has 0 unspecified atom stereocenters. The van der Waals surface area contributed by atoms with Crippen LogP contribution in [0.4, 0.5) is 4.39 Å². The quantitative estimate of drug-likeness (QED) is 0.269. The van der Waals surface area contributed by atoms with Crippen LogP contribution in [-0.2, 0) is 0 Å². The summed E-state index contributed by atoms with van der Waals surface area (Å²) in [5.41, 5.74) is 0.520. The molecule has 0 aliphatic heterocycles. The summed E-state index contributed by atoms with van der Waals surface area (Å²) in [6.45, 7) is 0. The van der Waals surface area contributed by atoms with E-state index in [4.69, 9.17) is 4.42 Å². The van der Waals surface area contributed by atoms with Gasteiger partial charge in [0, 0.05) is 6.08 Å². The summed E-state index contributed by atoms with van der Waals surface area (Å²) in [6, 6.07) is 18.5. The standard InChI is InChI=1S/C21H11FN2O2S/c22-16-6-2-1-5-15(16)20(25)13(12-23)11-14-9-10-18(26-14)21-24-17-7-3-4-8-19(17)27-21/h1-11H/b13-11+. The number of rotatable bonds is 4. The van der Waals surface area contributed by atoms with Gasteiger partial charge in [0.05, 0.1) is 15.8 Å².